The molecule has 144 valence electrons. The highest BCUT2D eigenvalue weighted by Gasteiger charge is 2.20. The summed E-state index contributed by atoms with van der Waals surface area (Å²) in [5.41, 5.74) is 2.07. The van der Waals surface area contributed by atoms with E-state index in [4.69, 9.17) is 4.74 Å². The lowest BCUT2D eigenvalue weighted by Crippen LogP contribution is -2.25. The number of rotatable bonds is 6. The number of ether oxygens (including phenoxy) is 1. The molecule has 2 aromatic carbocycles. The molecular weight excluding hydrogens is 330 g/mol. The Balaban J connectivity index is 0.00000146. The molecule has 0 aliphatic carbocycles. The highest BCUT2D eigenvalue weighted by atomic mass is 16.5. The molecule has 0 saturated carbocycles. The maximum Gasteiger partial charge on any atom is 0.325 e. The molecule has 0 spiro atoms. The Kier molecular flexibility index (Phi) is 11.5. The predicted molar refractivity (Wildman–Crippen MR) is 106 cm³/mol. The van der Waals surface area contributed by atoms with Crippen molar-refractivity contribution in [3.8, 4) is 11.5 Å². The van der Waals surface area contributed by atoms with E-state index >= 15 is 0 Å². The van der Waals surface area contributed by atoms with Gasteiger partial charge in [-0.15, -0.1) is 0 Å². The first-order chi connectivity index (χ1) is 12.5. The van der Waals surface area contributed by atoms with Gasteiger partial charge in [0.2, 0.25) is 0 Å². The number of nitrogens with one attached hydrogen (secondary N) is 1. The van der Waals surface area contributed by atoms with Crippen LogP contribution in [-0.2, 0) is 11.4 Å². The predicted octanol–water partition coefficient (Wildman–Crippen LogP) is 4.68. The van der Waals surface area contributed by atoms with Gasteiger partial charge in [-0.3, -0.25) is 4.79 Å². The van der Waals surface area contributed by atoms with Gasteiger partial charge in [-0.05, 0) is 42.8 Å². The zero-order valence-electron chi connectivity index (χ0n) is 16.5. The van der Waals surface area contributed by atoms with Crippen LogP contribution in [-0.4, -0.2) is 23.2 Å². The molecule has 0 radical (unpaired) electrons. The lowest BCUT2D eigenvalue weighted by Gasteiger charge is -2.16. The first-order valence-corrected chi connectivity index (χ1v) is 8.93. The van der Waals surface area contributed by atoms with E-state index in [1.165, 1.54) is 0 Å². The van der Waals surface area contributed by atoms with E-state index in [9.17, 15) is 15.0 Å². The lowest BCUT2D eigenvalue weighted by molar-refractivity contribution is -0.139. The van der Waals surface area contributed by atoms with E-state index in [0.717, 1.165) is 5.56 Å². The van der Waals surface area contributed by atoms with Crippen molar-refractivity contribution in [1.82, 2.24) is 5.32 Å². The van der Waals surface area contributed by atoms with Crippen LogP contribution in [0.25, 0.3) is 0 Å². The lowest BCUT2D eigenvalue weighted by atomic mass is 10.0. The Morgan fingerprint density at radius 3 is 2.19 bits per heavy atom. The van der Waals surface area contributed by atoms with E-state index in [1.54, 1.807) is 26.1 Å². The van der Waals surface area contributed by atoms with Gasteiger partial charge in [0.25, 0.3) is 0 Å². The minimum Gasteiger partial charge on any atom is -0.504 e. The van der Waals surface area contributed by atoms with Crippen molar-refractivity contribution in [3.63, 3.8) is 0 Å². The monoisotopic (exact) mass is 361 g/mol. The van der Waals surface area contributed by atoms with Crippen molar-refractivity contribution in [1.29, 1.82) is 0 Å². The number of hydrogen-bond acceptors (Lipinski definition) is 4. The molecule has 26 heavy (non-hydrogen) atoms. The largest absolute Gasteiger partial charge is 0.504 e. The zero-order valence-corrected chi connectivity index (χ0v) is 16.5. The molecule has 3 N–H and O–H groups in total. The molecule has 2 rings (SSSR count). The summed E-state index contributed by atoms with van der Waals surface area (Å²) in [4.78, 5) is 11.3. The topological polar surface area (TPSA) is 78.8 Å². The number of hydrogen-bond donors (Lipinski definition) is 3. The molecule has 0 saturated heterocycles. The number of phenols is 1. The quantitative estimate of drug-likeness (QED) is 0.696. The Hall–Kier alpha value is -2.53. The van der Waals surface area contributed by atoms with Crippen LogP contribution in [0.2, 0.25) is 0 Å². The number of benzene rings is 2. The van der Waals surface area contributed by atoms with E-state index in [2.05, 4.69) is 5.32 Å². The van der Waals surface area contributed by atoms with Gasteiger partial charge in [0, 0.05) is 0 Å². The highest BCUT2D eigenvalue weighted by Crippen LogP contribution is 2.33. The van der Waals surface area contributed by atoms with Crippen molar-refractivity contribution >= 4 is 5.97 Å². The maximum atomic E-state index is 11.3. The third-order valence-corrected chi connectivity index (χ3v) is 3.39. The van der Waals surface area contributed by atoms with Gasteiger partial charge in [0.05, 0.1) is 0 Å². The van der Waals surface area contributed by atoms with E-state index in [1.807, 2.05) is 58.0 Å². The molecule has 5 heteroatoms. The normalized spacial score (nSPS) is 10.5. The molecule has 0 heterocycles. The molecule has 0 amide bonds. The number of aryl methyl sites for hydroxylation is 1. The fraction of sp³-hybridized carbons (Fsp3) is 0.381. The van der Waals surface area contributed by atoms with Crippen LogP contribution in [0.5, 0.6) is 11.5 Å². The van der Waals surface area contributed by atoms with Crippen molar-refractivity contribution in [2.24, 2.45) is 0 Å². The molecule has 0 fully saturated rings. The number of phenolic OH excluding ortho intramolecular Hbond substituents is 1. The van der Waals surface area contributed by atoms with Crippen LogP contribution in [0.15, 0.2) is 42.5 Å². The Labute approximate surface area is 156 Å². The average molecular weight is 361 g/mol. The van der Waals surface area contributed by atoms with Crippen molar-refractivity contribution in [3.05, 3.63) is 59.2 Å². The molecular formula is C21H31NO4. The zero-order chi connectivity index (χ0) is 20.1. The summed E-state index contributed by atoms with van der Waals surface area (Å²) in [5.74, 6) is -0.679. The second-order valence-electron chi connectivity index (χ2n) is 5.02. The third kappa shape index (κ3) is 6.76. The Bertz CT molecular complexity index is 657. The van der Waals surface area contributed by atoms with Crippen LogP contribution in [0.4, 0.5) is 0 Å². The number of carboxylic acids is 1. The highest BCUT2D eigenvalue weighted by molar-refractivity contribution is 5.76. The van der Waals surface area contributed by atoms with E-state index in [-0.39, 0.29) is 11.5 Å². The molecule has 0 bridgehead atoms. The molecule has 0 aromatic heterocycles. The summed E-state index contributed by atoms with van der Waals surface area (Å²) in [6.45, 7) is 10.0. The standard InChI is InChI=1S/C17H19NO4.2C2H6/c1-11-8-13(15(18-2)17(20)21)9-14(16(11)19)22-10-12-6-4-3-5-7-12;2*1-2/h3-9,15,18-19H,10H2,1-2H3,(H,20,21);2*1-2H3. The summed E-state index contributed by atoms with van der Waals surface area (Å²) in [6, 6.07) is 11.9. The SMILES string of the molecule is CC.CC.CNC(C(=O)O)c1cc(C)c(O)c(OCc2ccccc2)c1. The van der Waals surface area contributed by atoms with Crippen LogP contribution in [0.3, 0.4) is 0 Å². The van der Waals surface area contributed by atoms with Crippen LogP contribution >= 0.6 is 0 Å². The average Bonchev–Trinajstić information content (AvgIpc) is 2.67. The van der Waals surface area contributed by atoms with Crippen LogP contribution in [0, 0.1) is 6.92 Å². The molecule has 0 aliphatic heterocycles. The van der Waals surface area contributed by atoms with Gasteiger partial charge < -0.3 is 20.3 Å². The van der Waals surface area contributed by atoms with E-state index < -0.39 is 12.0 Å². The van der Waals surface area contributed by atoms with Gasteiger partial charge in [-0.25, -0.2) is 0 Å². The molecule has 0 aliphatic rings. The fourth-order valence-electron chi connectivity index (χ4n) is 2.22. The minimum atomic E-state index is -0.985. The van der Waals surface area contributed by atoms with Crippen molar-refractivity contribution in [2.45, 2.75) is 47.3 Å². The third-order valence-electron chi connectivity index (χ3n) is 3.39. The number of aliphatic carboxylic acids is 1. The van der Waals surface area contributed by atoms with Gasteiger partial charge in [0.15, 0.2) is 11.5 Å². The number of carbonyl (C=O) groups is 1. The van der Waals surface area contributed by atoms with Crippen LogP contribution < -0.4 is 10.1 Å². The summed E-state index contributed by atoms with van der Waals surface area (Å²) in [5, 5.41) is 22.0. The number of aromatic hydroxyl groups is 1. The number of carboxylic acid groups (broad SMARTS) is 1. The summed E-state index contributed by atoms with van der Waals surface area (Å²) < 4.78 is 5.65. The number of likely N-dealkylation sites (N-methyl/N-ethyl adjacent to an activating group) is 1. The van der Waals surface area contributed by atoms with E-state index in [0.29, 0.717) is 17.7 Å². The van der Waals surface area contributed by atoms with Crippen LogP contribution in [0.1, 0.15) is 50.4 Å². The van der Waals surface area contributed by atoms with Gasteiger partial charge in [-0.1, -0.05) is 58.0 Å². The Morgan fingerprint density at radius 1 is 1.12 bits per heavy atom. The summed E-state index contributed by atoms with van der Waals surface area (Å²) in [7, 11) is 1.57. The molecule has 1 unspecified atom stereocenters. The maximum absolute atomic E-state index is 11.3. The Morgan fingerprint density at radius 2 is 1.69 bits per heavy atom. The second kappa shape index (κ2) is 12.8. The van der Waals surface area contributed by atoms with Gasteiger partial charge in [0.1, 0.15) is 12.6 Å². The first kappa shape index (κ1) is 23.5. The summed E-state index contributed by atoms with van der Waals surface area (Å²) >= 11 is 0. The van der Waals surface area contributed by atoms with Crippen molar-refractivity contribution in [2.75, 3.05) is 7.05 Å². The molecule has 2 aromatic rings. The first-order valence-electron chi connectivity index (χ1n) is 8.93. The molecule has 1 atom stereocenters. The molecule has 5 nitrogen and oxygen atoms in total. The minimum absolute atomic E-state index is 0.0277. The summed E-state index contributed by atoms with van der Waals surface area (Å²) in [6.07, 6.45) is 0. The van der Waals surface area contributed by atoms with Gasteiger partial charge in [-0.2, -0.15) is 0 Å². The van der Waals surface area contributed by atoms with Gasteiger partial charge >= 0.3 is 5.97 Å². The smallest absolute Gasteiger partial charge is 0.325 e. The van der Waals surface area contributed by atoms with Crippen molar-refractivity contribution < 1.29 is 19.7 Å². The fourth-order valence-corrected chi connectivity index (χ4v) is 2.22. The second-order valence-corrected chi connectivity index (χ2v) is 5.02.